The predicted molar refractivity (Wildman–Crippen MR) is 113 cm³/mol. The summed E-state index contributed by atoms with van der Waals surface area (Å²) in [4.78, 5) is 30.2. The molecule has 0 saturated carbocycles. The van der Waals surface area contributed by atoms with Crippen molar-refractivity contribution in [1.82, 2.24) is 14.5 Å². The highest BCUT2D eigenvalue weighted by Crippen LogP contribution is 2.25. The molecule has 7 nitrogen and oxygen atoms in total. The van der Waals surface area contributed by atoms with Gasteiger partial charge in [-0.15, -0.1) is 0 Å². The van der Waals surface area contributed by atoms with E-state index in [1.165, 1.54) is 5.56 Å². The third-order valence-electron chi connectivity index (χ3n) is 5.27. The molecule has 1 aromatic carbocycles. The second-order valence-electron chi connectivity index (χ2n) is 7.38. The maximum absolute atomic E-state index is 12.9. The zero-order valence-electron chi connectivity index (χ0n) is 16.3. The molecule has 29 heavy (non-hydrogen) atoms. The number of likely N-dealkylation sites (tertiary alicyclic amines) is 1. The molecule has 3 heterocycles. The van der Waals surface area contributed by atoms with Crippen molar-refractivity contribution in [1.29, 1.82) is 0 Å². The van der Waals surface area contributed by atoms with Crippen LogP contribution in [0.2, 0.25) is 0 Å². The van der Waals surface area contributed by atoms with Gasteiger partial charge in [0.1, 0.15) is 0 Å². The van der Waals surface area contributed by atoms with Crippen LogP contribution < -0.4 is 10.9 Å². The van der Waals surface area contributed by atoms with Crippen LogP contribution in [0.15, 0.2) is 46.1 Å². The Labute approximate surface area is 172 Å². The Balaban J connectivity index is 1.58. The summed E-state index contributed by atoms with van der Waals surface area (Å²) in [5.74, 6) is -0.709. The molecular weight excluding hydrogens is 388 g/mol. The minimum Gasteiger partial charge on any atom is -0.481 e. The summed E-state index contributed by atoms with van der Waals surface area (Å²) in [7, 11) is 0. The Kier molecular flexibility index (Phi) is 5.21. The fraction of sp³-hybridized carbons (Fsp3) is 0.286. The lowest BCUT2D eigenvalue weighted by atomic mass is 9.96. The van der Waals surface area contributed by atoms with Crippen LogP contribution in [0.1, 0.15) is 16.7 Å². The number of nitrogens with zero attached hydrogens (tertiary/aromatic N) is 3. The maximum Gasteiger partial charge on any atom is 0.309 e. The van der Waals surface area contributed by atoms with Crippen molar-refractivity contribution in [2.24, 2.45) is 5.92 Å². The second-order valence-corrected chi connectivity index (χ2v) is 8.16. The van der Waals surface area contributed by atoms with E-state index in [0.29, 0.717) is 13.1 Å². The Morgan fingerprint density at radius 1 is 1.31 bits per heavy atom. The summed E-state index contributed by atoms with van der Waals surface area (Å²) in [5, 5.41) is 16.0. The van der Waals surface area contributed by atoms with Crippen molar-refractivity contribution in [2.75, 3.05) is 18.4 Å². The first-order valence-corrected chi connectivity index (χ1v) is 10.3. The van der Waals surface area contributed by atoms with Crippen molar-refractivity contribution in [3.05, 3.63) is 68.4 Å². The lowest BCUT2D eigenvalue weighted by Gasteiger charge is -2.37. The number of aliphatic carboxylic acids is 1. The van der Waals surface area contributed by atoms with Crippen LogP contribution in [-0.2, 0) is 11.3 Å². The van der Waals surface area contributed by atoms with Gasteiger partial charge in [0.15, 0.2) is 5.82 Å². The van der Waals surface area contributed by atoms with Gasteiger partial charge in [-0.05, 0) is 54.1 Å². The zero-order valence-corrected chi connectivity index (χ0v) is 17.1. The third kappa shape index (κ3) is 3.94. The molecule has 2 N–H and O–H groups in total. The number of carboxylic acids is 1. The van der Waals surface area contributed by atoms with Crippen LogP contribution in [-0.4, -0.2) is 38.6 Å². The fourth-order valence-corrected chi connectivity index (χ4v) is 4.20. The average molecular weight is 410 g/mol. The number of aromatic nitrogens is 2. The van der Waals surface area contributed by atoms with Gasteiger partial charge in [0, 0.05) is 43.1 Å². The van der Waals surface area contributed by atoms with E-state index in [1.807, 2.05) is 42.8 Å². The molecule has 1 saturated heterocycles. The molecule has 1 fully saturated rings. The first kappa shape index (κ1) is 19.4. The number of aryl methyl sites for hydroxylation is 2. The van der Waals surface area contributed by atoms with Crippen LogP contribution in [0.25, 0.3) is 5.69 Å². The number of thiophene rings is 1. The molecule has 0 unspecified atom stereocenters. The van der Waals surface area contributed by atoms with Crippen molar-refractivity contribution in [3.8, 4) is 5.69 Å². The lowest BCUT2D eigenvalue weighted by Crippen LogP contribution is -2.49. The lowest BCUT2D eigenvalue weighted by molar-refractivity contribution is -0.147. The van der Waals surface area contributed by atoms with E-state index in [-0.39, 0.29) is 17.3 Å². The predicted octanol–water partition coefficient (Wildman–Crippen LogP) is 3.17. The highest BCUT2D eigenvalue weighted by Gasteiger charge is 2.32. The normalized spacial score (nSPS) is 14.6. The smallest absolute Gasteiger partial charge is 0.309 e. The number of carboxylic acid groups (broad SMARTS) is 1. The molecule has 0 bridgehead atoms. The number of anilines is 2. The monoisotopic (exact) mass is 410 g/mol. The third-order valence-corrected chi connectivity index (χ3v) is 5.95. The minimum atomic E-state index is -0.728. The largest absolute Gasteiger partial charge is 0.481 e. The van der Waals surface area contributed by atoms with E-state index in [0.717, 1.165) is 29.0 Å². The van der Waals surface area contributed by atoms with Gasteiger partial charge in [0.25, 0.3) is 5.56 Å². The summed E-state index contributed by atoms with van der Waals surface area (Å²) in [6, 6.07) is 5.88. The van der Waals surface area contributed by atoms with E-state index in [9.17, 15) is 9.59 Å². The summed E-state index contributed by atoms with van der Waals surface area (Å²) in [5.41, 5.74) is 4.75. The molecule has 0 radical (unpaired) electrons. The van der Waals surface area contributed by atoms with Crippen LogP contribution in [0.3, 0.4) is 0 Å². The molecular formula is C21H22N4O3S. The van der Waals surface area contributed by atoms with Gasteiger partial charge in [0.2, 0.25) is 0 Å². The van der Waals surface area contributed by atoms with Gasteiger partial charge in [-0.2, -0.15) is 11.3 Å². The quantitative estimate of drug-likeness (QED) is 0.649. The summed E-state index contributed by atoms with van der Waals surface area (Å²) in [6.45, 7) is 5.93. The van der Waals surface area contributed by atoms with Crippen molar-refractivity contribution < 1.29 is 9.90 Å². The fourth-order valence-electron chi connectivity index (χ4n) is 3.61. The molecule has 0 atom stereocenters. The summed E-state index contributed by atoms with van der Waals surface area (Å²) >= 11 is 1.55. The standard InChI is InChI=1S/C21H22N4O3S/c1-13-7-17(8-14(2)18(13)11-24-9-15(10-24)21(27)28)25-5-4-22-19(20(25)26)23-16-3-6-29-12-16/h3-8,12,15H,9-11H2,1-2H3,(H,22,23)(H,27,28). The summed E-state index contributed by atoms with van der Waals surface area (Å²) in [6.07, 6.45) is 3.28. The number of hydrogen-bond acceptors (Lipinski definition) is 6. The molecule has 150 valence electrons. The molecule has 1 aliphatic heterocycles. The molecule has 0 aliphatic carbocycles. The highest BCUT2D eigenvalue weighted by molar-refractivity contribution is 7.08. The van der Waals surface area contributed by atoms with Crippen molar-refractivity contribution in [3.63, 3.8) is 0 Å². The van der Waals surface area contributed by atoms with Gasteiger partial charge >= 0.3 is 5.97 Å². The van der Waals surface area contributed by atoms with E-state index in [1.54, 1.807) is 28.3 Å². The highest BCUT2D eigenvalue weighted by atomic mass is 32.1. The SMILES string of the molecule is Cc1cc(-n2ccnc(Nc3ccsc3)c2=O)cc(C)c1CN1CC(C(=O)O)C1. The molecule has 1 aliphatic rings. The first-order valence-electron chi connectivity index (χ1n) is 9.35. The van der Waals surface area contributed by atoms with Gasteiger partial charge in [-0.25, -0.2) is 4.98 Å². The van der Waals surface area contributed by atoms with E-state index < -0.39 is 5.97 Å². The van der Waals surface area contributed by atoms with Crippen LogP contribution >= 0.6 is 11.3 Å². The van der Waals surface area contributed by atoms with Gasteiger partial charge in [-0.1, -0.05) is 0 Å². The van der Waals surface area contributed by atoms with Crippen molar-refractivity contribution >= 4 is 28.8 Å². The maximum atomic E-state index is 12.9. The Hall–Kier alpha value is -2.97. The van der Waals surface area contributed by atoms with Crippen molar-refractivity contribution in [2.45, 2.75) is 20.4 Å². The first-order chi connectivity index (χ1) is 13.9. The molecule has 4 rings (SSSR count). The molecule has 2 aromatic heterocycles. The van der Waals surface area contributed by atoms with Gasteiger partial charge in [0.05, 0.1) is 11.6 Å². The van der Waals surface area contributed by atoms with E-state index in [4.69, 9.17) is 5.11 Å². The van der Waals surface area contributed by atoms with Crippen LogP contribution in [0, 0.1) is 19.8 Å². The molecule has 3 aromatic rings. The van der Waals surface area contributed by atoms with Gasteiger partial charge in [-0.3, -0.25) is 19.1 Å². The van der Waals surface area contributed by atoms with E-state index in [2.05, 4.69) is 15.2 Å². The molecule has 8 heteroatoms. The topological polar surface area (TPSA) is 87.5 Å². The number of nitrogens with one attached hydrogen (secondary N) is 1. The Bertz CT molecular complexity index is 1080. The zero-order chi connectivity index (χ0) is 20.5. The Morgan fingerprint density at radius 3 is 2.66 bits per heavy atom. The van der Waals surface area contributed by atoms with Gasteiger partial charge < -0.3 is 10.4 Å². The van der Waals surface area contributed by atoms with Crippen LogP contribution in [0.5, 0.6) is 0 Å². The van der Waals surface area contributed by atoms with Crippen LogP contribution in [0.4, 0.5) is 11.5 Å². The number of benzene rings is 1. The second kappa shape index (κ2) is 7.81. The van der Waals surface area contributed by atoms with E-state index >= 15 is 0 Å². The minimum absolute atomic E-state index is 0.211. The average Bonchev–Trinajstić information content (AvgIpc) is 3.14. The number of rotatable bonds is 6. The molecule has 0 amide bonds. The Morgan fingerprint density at radius 2 is 2.03 bits per heavy atom. The number of carbonyl (C=O) groups is 1. The summed E-state index contributed by atoms with van der Waals surface area (Å²) < 4.78 is 1.59. The molecule has 0 spiro atoms. The number of hydrogen-bond donors (Lipinski definition) is 2.